The van der Waals surface area contributed by atoms with Crippen LogP contribution in [0.2, 0.25) is 0 Å². The molecule has 3 rings (SSSR count). The van der Waals surface area contributed by atoms with Crippen LogP contribution in [0.5, 0.6) is 5.75 Å². The summed E-state index contributed by atoms with van der Waals surface area (Å²) >= 11 is 0. The van der Waals surface area contributed by atoms with Crippen molar-refractivity contribution >= 4 is 22.7 Å². The third-order valence-corrected chi connectivity index (χ3v) is 5.03. The van der Waals surface area contributed by atoms with Crippen molar-refractivity contribution in [2.75, 3.05) is 13.7 Å². The number of hydrogen-bond donors (Lipinski definition) is 0. The first-order valence-corrected chi connectivity index (χ1v) is 9.47. The zero-order valence-corrected chi connectivity index (χ0v) is 16.5. The number of rotatable bonds is 7. The summed E-state index contributed by atoms with van der Waals surface area (Å²) in [5.74, 6) is 0.873. The molecule has 1 aliphatic heterocycles. The van der Waals surface area contributed by atoms with E-state index in [1.807, 2.05) is 19.1 Å². The van der Waals surface area contributed by atoms with E-state index in [4.69, 9.17) is 13.9 Å². The monoisotopic (exact) mass is 369 g/mol. The van der Waals surface area contributed by atoms with Crippen molar-refractivity contribution in [3.63, 3.8) is 0 Å². The number of nitrogens with zero attached hydrogens (tertiary/aromatic N) is 1. The van der Waals surface area contributed by atoms with Crippen molar-refractivity contribution in [2.45, 2.75) is 46.5 Å². The number of furan rings is 1. The van der Waals surface area contributed by atoms with Gasteiger partial charge in [-0.05, 0) is 38.8 Å². The zero-order valence-electron chi connectivity index (χ0n) is 16.5. The molecule has 0 saturated carbocycles. The predicted octanol–water partition coefficient (Wildman–Crippen LogP) is 4.86. The second-order valence-electron chi connectivity index (χ2n) is 7.03. The maximum absolute atomic E-state index is 11.6. The van der Waals surface area contributed by atoms with Gasteiger partial charge < -0.3 is 13.9 Å². The Morgan fingerprint density at radius 1 is 1.33 bits per heavy atom. The van der Waals surface area contributed by atoms with Gasteiger partial charge in [-0.25, -0.2) is 0 Å². The Morgan fingerprint density at radius 3 is 2.85 bits per heavy atom. The summed E-state index contributed by atoms with van der Waals surface area (Å²) in [5.41, 5.74) is 4.90. The maximum atomic E-state index is 11.6. The van der Waals surface area contributed by atoms with Crippen molar-refractivity contribution in [2.24, 2.45) is 10.9 Å². The Kier molecular flexibility index (Phi) is 5.99. The Labute approximate surface area is 160 Å². The number of benzene rings is 1. The number of carbonyl (C=O) groups excluding carboxylic acids is 1. The van der Waals surface area contributed by atoms with E-state index in [1.54, 1.807) is 6.26 Å². The molecule has 2 aromatic rings. The summed E-state index contributed by atoms with van der Waals surface area (Å²) in [6.07, 6.45) is 6.80. The second kappa shape index (κ2) is 8.42. The van der Waals surface area contributed by atoms with Crippen molar-refractivity contribution in [3.05, 3.63) is 41.3 Å². The van der Waals surface area contributed by atoms with E-state index in [9.17, 15) is 4.79 Å². The molecule has 0 spiro atoms. The van der Waals surface area contributed by atoms with Crippen molar-refractivity contribution in [1.82, 2.24) is 0 Å². The number of ether oxygens (including phenoxy) is 2. The molecule has 0 amide bonds. The highest BCUT2D eigenvalue weighted by atomic mass is 16.5. The lowest BCUT2D eigenvalue weighted by Crippen LogP contribution is -2.21. The minimum Gasteiger partial charge on any atom is -0.492 e. The molecule has 2 heterocycles. The van der Waals surface area contributed by atoms with Crippen LogP contribution in [0, 0.1) is 5.92 Å². The predicted molar refractivity (Wildman–Crippen MR) is 106 cm³/mol. The topological polar surface area (TPSA) is 61.0 Å². The SMILES string of the molecule is CCCc1c(OCC2CC=C(C)N=C2C)ccc2c(CC(=O)OC)coc12. The standard InChI is InChI=1S/C22H27NO4/c1-5-6-19-20(26-12-16-8-7-14(2)23-15(16)3)10-9-18-17(11-21(24)25-4)13-27-22(18)19/h7,9-10,13,16H,5-6,8,11-12H2,1-4H3. The Bertz CT molecular complexity index is 891. The van der Waals surface area contributed by atoms with Gasteiger partial charge in [0.2, 0.25) is 0 Å². The second-order valence-corrected chi connectivity index (χ2v) is 7.03. The molecule has 0 N–H and O–H groups in total. The number of fused-ring (bicyclic) bond motifs is 1. The van der Waals surface area contributed by atoms with Gasteiger partial charge in [0.25, 0.3) is 0 Å². The molecule has 1 aliphatic rings. The summed E-state index contributed by atoms with van der Waals surface area (Å²) in [5, 5.41) is 0.949. The van der Waals surface area contributed by atoms with Crippen molar-refractivity contribution < 1.29 is 18.7 Å². The summed E-state index contributed by atoms with van der Waals surface area (Å²) in [4.78, 5) is 16.2. The molecule has 5 nitrogen and oxygen atoms in total. The number of esters is 1. The van der Waals surface area contributed by atoms with Crippen LogP contribution in [0.1, 0.15) is 44.7 Å². The van der Waals surface area contributed by atoms with E-state index in [0.29, 0.717) is 12.5 Å². The summed E-state index contributed by atoms with van der Waals surface area (Å²) < 4.78 is 16.8. The van der Waals surface area contributed by atoms with E-state index in [0.717, 1.165) is 58.5 Å². The lowest BCUT2D eigenvalue weighted by atomic mass is 9.98. The van der Waals surface area contributed by atoms with E-state index in [2.05, 4.69) is 24.9 Å². The van der Waals surface area contributed by atoms with Crippen LogP contribution < -0.4 is 4.74 Å². The van der Waals surface area contributed by atoms with Crippen LogP contribution in [0.25, 0.3) is 11.0 Å². The molecule has 0 saturated heterocycles. The van der Waals surface area contributed by atoms with Gasteiger partial charge in [0.15, 0.2) is 0 Å². The van der Waals surface area contributed by atoms with Gasteiger partial charge in [0.05, 0.1) is 26.4 Å². The average Bonchev–Trinajstić information content (AvgIpc) is 3.05. The number of carbonyl (C=O) groups is 1. The molecule has 5 heteroatoms. The summed E-state index contributed by atoms with van der Waals surface area (Å²) in [6.45, 7) is 6.81. The number of methoxy groups -OCH3 is 1. The average molecular weight is 369 g/mol. The van der Waals surface area contributed by atoms with Crippen LogP contribution in [-0.4, -0.2) is 25.4 Å². The molecule has 1 aromatic carbocycles. The minimum atomic E-state index is -0.273. The fourth-order valence-corrected chi connectivity index (χ4v) is 3.45. The first-order chi connectivity index (χ1) is 13.0. The highest BCUT2D eigenvalue weighted by molar-refractivity contribution is 5.89. The van der Waals surface area contributed by atoms with Gasteiger partial charge in [0.1, 0.15) is 11.3 Å². The van der Waals surface area contributed by atoms with Gasteiger partial charge in [-0.15, -0.1) is 0 Å². The van der Waals surface area contributed by atoms with Crippen LogP contribution in [-0.2, 0) is 22.4 Å². The van der Waals surface area contributed by atoms with Crippen molar-refractivity contribution in [1.29, 1.82) is 0 Å². The fraction of sp³-hybridized carbons (Fsp3) is 0.455. The van der Waals surface area contributed by atoms with Gasteiger partial charge in [-0.1, -0.05) is 19.4 Å². The summed E-state index contributed by atoms with van der Waals surface area (Å²) in [7, 11) is 1.40. The molecule has 0 bridgehead atoms. The molecular weight excluding hydrogens is 342 g/mol. The smallest absolute Gasteiger partial charge is 0.310 e. The van der Waals surface area contributed by atoms with Crippen LogP contribution in [0.15, 0.2) is 39.6 Å². The molecular formula is C22H27NO4. The normalized spacial score (nSPS) is 16.8. The van der Waals surface area contributed by atoms with E-state index in [1.165, 1.54) is 7.11 Å². The molecule has 1 unspecified atom stereocenters. The molecule has 27 heavy (non-hydrogen) atoms. The zero-order chi connectivity index (χ0) is 19.4. The first kappa shape index (κ1) is 19.2. The molecule has 0 fully saturated rings. The molecule has 144 valence electrons. The van der Waals surface area contributed by atoms with Crippen LogP contribution >= 0.6 is 0 Å². The minimum absolute atomic E-state index is 0.207. The highest BCUT2D eigenvalue weighted by Crippen LogP contribution is 2.33. The Balaban J connectivity index is 1.84. The molecule has 0 radical (unpaired) electrons. The van der Waals surface area contributed by atoms with Gasteiger partial charge in [-0.2, -0.15) is 0 Å². The van der Waals surface area contributed by atoms with Gasteiger partial charge in [-0.3, -0.25) is 9.79 Å². The van der Waals surface area contributed by atoms with Crippen molar-refractivity contribution in [3.8, 4) is 5.75 Å². The highest BCUT2D eigenvalue weighted by Gasteiger charge is 2.19. The number of aliphatic imine (C=N–C) groups is 1. The van der Waals surface area contributed by atoms with E-state index >= 15 is 0 Å². The van der Waals surface area contributed by atoms with Crippen LogP contribution in [0.4, 0.5) is 0 Å². The van der Waals surface area contributed by atoms with E-state index in [-0.39, 0.29) is 12.4 Å². The lowest BCUT2D eigenvalue weighted by Gasteiger charge is -2.21. The third kappa shape index (κ3) is 4.24. The van der Waals surface area contributed by atoms with Gasteiger partial charge in [0, 0.05) is 33.8 Å². The first-order valence-electron chi connectivity index (χ1n) is 9.47. The Hall–Kier alpha value is -2.56. The fourth-order valence-electron chi connectivity index (χ4n) is 3.45. The molecule has 1 atom stereocenters. The number of aryl methyl sites for hydroxylation is 1. The quantitative estimate of drug-likeness (QED) is 0.654. The lowest BCUT2D eigenvalue weighted by molar-refractivity contribution is -0.139. The number of allylic oxidation sites excluding steroid dienone is 2. The van der Waals surface area contributed by atoms with Gasteiger partial charge >= 0.3 is 5.97 Å². The molecule has 1 aromatic heterocycles. The third-order valence-electron chi connectivity index (χ3n) is 5.03. The molecule has 0 aliphatic carbocycles. The van der Waals surface area contributed by atoms with Crippen LogP contribution in [0.3, 0.4) is 0 Å². The van der Waals surface area contributed by atoms with E-state index < -0.39 is 0 Å². The summed E-state index contributed by atoms with van der Waals surface area (Å²) in [6, 6.07) is 3.96. The largest absolute Gasteiger partial charge is 0.492 e. The maximum Gasteiger partial charge on any atom is 0.310 e. The Morgan fingerprint density at radius 2 is 2.15 bits per heavy atom. The number of hydrogen-bond acceptors (Lipinski definition) is 5.